The van der Waals surface area contributed by atoms with Crippen molar-refractivity contribution in [2.24, 2.45) is 0 Å². The summed E-state index contributed by atoms with van der Waals surface area (Å²) in [5, 5.41) is 1.65. The molecule has 0 radical (unpaired) electrons. The van der Waals surface area contributed by atoms with Crippen LogP contribution in [0.2, 0.25) is 5.02 Å². The first-order chi connectivity index (χ1) is 12.2. The standard InChI is InChI=1S/C20H19ClN2O3/c1-20(2,3)26-17-10-9-13(12-16(17)21)11-15-18(24)22-23(19(15)25)14-7-5-4-6-8-14/h4-12H,1-3H3,(H,22,24)/b15-11-. The number of nitrogens with zero attached hydrogens (tertiary/aromatic N) is 1. The molecule has 0 aromatic heterocycles. The second-order valence-electron chi connectivity index (χ2n) is 6.88. The van der Waals surface area contributed by atoms with Gasteiger partial charge in [0.2, 0.25) is 0 Å². The van der Waals surface area contributed by atoms with Crippen LogP contribution in [0.15, 0.2) is 54.1 Å². The fourth-order valence-electron chi connectivity index (χ4n) is 2.50. The molecule has 0 aliphatic carbocycles. The molecule has 0 atom stereocenters. The van der Waals surface area contributed by atoms with Crippen LogP contribution < -0.4 is 15.2 Å². The minimum absolute atomic E-state index is 0.0504. The van der Waals surface area contributed by atoms with Crippen LogP contribution in [-0.4, -0.2) is 17.4 Å². The number of benzene rings is 2. The predicted octanol–water partition coefficient (Wildman–Crippen LogP) is 3.98. The van der Waals surface area contributed by atoms with Crippen molar-refractivity contribution < 1.29 is 14.3 Å². The molecule has 26 heavy (non-hydrogen) atoms. The van der Waals surface area contributed by atoms with Gasteiger partial charge in [-0.1, -0.05) is 35.9 Å². The molecule has 0 bridgehead atoms. The second kappa shape index (κ2) is 6.84. The first-order valence-electron chi connectivity index (χ1n) is 8.15. The Kier molecular flexibility index (Phi) is 4.74. The summed E-state index contributed by atoms with van der Waals surface area (Å²) in [7, 11) is 0. The number of hydrogen-bond acceptors (Lipinski definition) is 3. The van der Waals surface area contributed by atoms with E-state index < -0.39 is 11.8 Å². The zero-order valence-electron chi connectivity index (χ0n) is 14.7. The molecule has 134 valence electrons. The van der Waals surface area contributed by atoms with Gasteiger partial charge in [-0.25, -0.2) is 5.01 Å². The van der Waals surface area contributed by atoms with Crippen molar-refractivity contribution >= 4 is 35.2 Å². The first kappa shape index (κ1) is 18.0. The molecule has 0 spiro atoms. The van der Waals surface area contributed by atoms with Gasteiger partial charge in [-0.2, -0.15) is 0 Å². The maximum absolute atomic E-state index is 12.6. The lowest BCUT2D eigenvalue weighted by Gasteiger charge is -2.22. The Bertz CT molecular complexity index is 886. The highest BCUT2D eigenvalue weighted by Crippen LogP contribution is 2.30. The van der Waals surface area contributed by atoms with E-state index in [1.807, 2.05) is 26.8 Å². The van der Waals surface area contributed by atoms with Gasteiger partial charge in [0.1, 0.15) is 16.9 Å². The molecule has 1 N–H and O–H groups in total. The van der Waals surface area contributed by atoms with E-state index in [4.69, 9.17) is 16.3 Å². The van der Waals surface area contributed by atoms with Crippen molar-refractivity contribution in [1.82, 2.24) is 5.43 Å². The van der Waals surface area contributed by atoms with Crippen molar-refractivity contribution in [3.8, 4) is 5.75 Å². The third-order valence-electron chi connectivity index (χ3n) is 3.59. The number of hydrazine groups is 1. The summed E-state index contributed by atoms with van der Waals surface area (Å²) in [6.07, 6.45) is 1.52. The average Bonchev–Trinajstić information content (AvgIpc) is 2.85. The van der Waals surface area contributed by atoms with Gasteiger partial charge in [0.25, 0.3) is 11.8 Å². The Labute approximate surface area is 157 Å². The summed E-state index contributed by atoms with van der Waals surface area (Å²) in [5.41, 5.74) is 3.48. The summed E-state index contributed by atoms with van der Waals surface area (Å²) in [5.74, 6) is -0.313. The van der Waals surface area contributed by atoms with E-state index in [-0.39, 0.29) is 11.2 Å². The van der Waals surface area contributed by atoms with Gasteiger partial charge in [0, 0.05) is 0 Å². The molecule has 3 rings (SSSR count). The summed E-state index contributed by atoms with van der Waals surface area (Å²) >= 11 is 6.27. The van der Waals surface area contributed by atoms with Crippen LogP contribution in [0.3, 0.4) is 0 Å². The largest absolute Gasteiger partial charge is 0.487 e. The summed E-state index contributed by atoms with van der Waals surface area (Å²) in [6, 6.07) is 14.1. The number of carbonyl (C=O) groups is 2. The molecule has 2 aromatic rings. The number of nitrogens with one attached hydrogen (secondary N) is 1. The highest BCUT2D eigenvalue weighted by Gasteiger charge is 2.34. The van der Waals surface area contributed by atoms with Gasteiger partial charge in [-0.15, -0.1) is 0 Å². The Hall–Kier alpha value is -2.79. The third-order valence-corrected chi connectivity index (χ3v) is 3.88. The lowest BCUT2D eigenvalue weighted by Crippen LogP contribution is -2.35. The minimum Gasteiger partial charge on any atom is -0.487 e. The molecule has 0 unspecified atom stereocenters. The van der Waals surface area contributed by atoms with Crippen LogP contribution in [0, 0.1) is 0 Å². The van der Waals surface area contributed by atoms with Gasteiger partial charge in [-0.3, -0.25) is 15.0 Å². The first-order valence-corrected chi connectivity index (χ1v) is 8.53. The predicted molar refractivity (Wildman–Crippen MR) is 102 cm³/mol. The number of hydrogen-bond donors (Lipinski definition) is 1. The normalized spacial score (nSPS) is 16.2. The molecular weight excluding hydrogens is 352 g/mol. The molecule has 0 saturated carbocycles. The molecule has 1 aliphatic rings. The van der Waals surface area contributed by atoms with Crippen molar-refractivity contribution in [1.29, 1.82) is 0 Å². The Morgan fingerprint density at radius 3 is 2.38 bits per heavy atom. The van der Waals surface area contributed by atoms with Gasteiger partial charge in [-0.05, 0) is 56.7 Å². The van der Waals surface area contributed by atoms with Crippen molar-refractivity contribution in [3.05, 3.63) is 64.7 Å². The van der Waals surface area contributed by atoms with Crippen LogP contribution in [0.25, 0.3) is 6.08 Å². The van der Waals surface area contributed by atoms with E-state index in [0.29, 0.717) is 22.0 Å². The molecule has 2 aromatic carbocycles. The van der Waals surface area contributed by atoms with Gasteiger partial charge < -0.3 is 4.74 Å². The van der Waals surface area contributed by atoms with Crippen molar-refractivity contribution in [3.63, 3.8) is 0 Å². The van der Waals surface area contributed by atoms with Crippen LogP contribution in [0.1, 0.15) is 26.3 Å². The van der Waals surface area contributed by atoms with E-state index in [0.717, 1.165) is 0 Å². The number of rotatable bonds is 3. The van der Waals surface area contributed by atoms with Gasteiger partial charge >= 0.3 is 0 Å². The van der Waals surface area contributed by atoms with E-state index in [2.05, 4.69) is 5.43 Å². The second-order valence-corrected chi connectivity index (χ2v) is 7.29. The van der Waals surface area contributed by atoms with Crippen LogP contribution >= 0.6 is 11.6 Å². The molecule has 2 amide bonds. The Morgan fingerprint density at radius 2 is 1.77 bits per heavy atom. The highest BCUT2D eigenvalue weighted by molar-refractivity contribution is 6.33. The molecule has 1 aliphatic heterocycles. The number of amides is 2. The molecule has 1 saturated heterocycles. The van der Waals surface area contributed by atoms with Crippen molar-refractivity contribution in [2.45, 2.75) is 26.4 Å². The third kappa shape index (κ3) is 3.89. The maximum Gasteiger partial charge on any atom is 0.282 e. The van der Waals surface area contributed by atoms with Crippen molar-refractivity contribution in [2.75, 3.05) is 5.01 Å². The smallest absolute Gasteiger partial charge is 0.282 e. The SMILES string of the molecule is CC(C)(C)Oc1ccc(/C=C2/C(=O)NN(c3ccccc3)C2=O)cc1Cl. The fourth-order valence-corrected chi connectivity index (χ4v) is 2.73. The minimum atomic E-state index is -0.454. The zero-order chi connectivity index (χ0) is 18.9. The van der Waals surface area contributed by atoms with Gasteiger partial charge in [0.05, 0.1) is 10.7 Å². The van der Waals surface area contributed by atoms with E-state index in [9.17, 15) is 9.59 Å². The summed E-state index contributed by atoms with van der Waals surface area (Å²) < 4.78 is 5.77. The topological polar surface area (TPSA) is 58.6 Å². The maximum atomic E-state index is 12.6. The molecule has 1 heterocycles. The number of ether oxygens (including phenoxy) is 1. The van der Waals surface area contributed by atoms with E-state index in [1.54, 1.807) is 42.5 Å². The lowest BCUT2D eigenvalue weighted by atomic mass is 10.1. The number of carbonyl (C=O) groups excluding carboxylic acids is 2. The molecular formula is C20H19ClN2O3. The summed E-state index contributed by atoms with van der Waals surface area (Å²) in [6.45, 7) is 5.79. The van der Waals surface area contributed by atoms with Crippen LogP contribution in [0.4, 0.5) is 5.69 Å². The Morgan fingerprint density at radius 1 is 1.08 bits per heavy atom. The average molecular weight is 371 g/mol. The monoisotopic (exact) mass is 370 g/mol. The number of anilines is 1. The highest BCUT2D eigenvalue weighted by atomic mass is 35.5. The number of para-hydroxylation sites is 1. The zero-order valence-corrected chi connectivity index (χ0v) is 15.5. The van der Waals surface area contributed by atoms with E-state index >= 15 is 0 Å². The molecule has 1 fully saturated rings. The molecule has 6 heteroatoms. The van der Waals surface area contributed by atoms with Crippen LogP contribution in [0.5, 0.6) is 5.75 Å². The quantitative estimate of drug-likeness (QED) is 0.656. The fraction of sp³-hybridized carbons (Fsp3) is 0.200. The Balaban J connectivity index is 1.87. The summed E-state index contributed by atoms with van der Waals surface area (Å²) in [4.78, 5) is 24.8. The number of halogens is 1. The van der Waals surface area contributed by atoms with Gasteiger partial charge in [0.15, 0.2) is 0 Å². The van der Waals surface area contributed by atoms with E-state index in [1.165, 1.54) is 11.1 Å². The molecule has 5 nitrogen and oxygen atoms in total. The lowest BCUT2D eigenvalue weighted by molar-refractivity contribution is -0.117. The van der Waals surface area contributed by atoms with Crippen LogP contribution in [-0.2, 0) is 9.59 Å².